The van der Waals surface area contributed by atoms with Crippen molar-refractivity contribution < 1.29 is 13.9 Å². The van der Waals surface area contributed by atoms with E-state index in [9.17, 15) is 9.18 Å². The van der Waals surface area contributed by atoms with Gasteiger partial charge in [0.2, 0.25) is 5.88 Å². The van der Waals surface area contributed by atoms with E-state index in [0.717, 1.165) is 0 Å². The molecule has 8 heteroatoms. The molecule has 0 spiro atoms. The van der Waals surface area contributed by atoms with Crippen LogP contribution in [0.2, 0.25) is 0 Å². The zero-order valence-corrected chi connectivity index (χ0v) is 17.9. The van der Waals surface area contributed by atoms with Crippen molar-refractivity contribution in [3.05, 3.63) is 53.2 Å². The van der Waals surface area contributed by atoms with Crippen molar-refractivity contribution in [3.63, 3.8) is 0 Å². The van der Waals surface area contributed by atoms with Gasteiger partial charge in [-0.25, -0.2) is 14.4 Å². The lowest BCUT2D eigenvalue weighted by molar-refractivity contribution is 0.0987. The van der Waals surface area contributed by atoms with Crippen LogP contribution >= 0.6 is 11.8 Å². The number of Topliss-reactive ketones (excluding diaryl/α,β-unsaturated/α-hetero) is 1. The van der Waals surface area contributed by atoms with Crippen LogP contribution in [0, 0.1) is 18.2 Å². The number of benzene rings is 1. The van der Waals surface area contributed by atoms with E-state index in [4.69, 9.17) is 16.9 Å². The van der Waals surface area contributed by atoms with E-state index >= 15 is 0 Å². The summed E-state index contributed by atoms with van der Waals surface area (Å²) in [7, 11) is 0. The topological polar surface area (TPSA) is 90.5 Å². The highest BCUT2D eigenvalue weighted by atomic mass is 32.2. The lowest BCUT2D eigenvalue weighted by atomic mass is 9.82. The van der Waals surface area contributed by atoms with Gasteiger partial charge in [-0.15, -0.1) is 6.42 Å². The molecule has 1 aromatic carbocycles. The highest BCUT2D eigenvalue weighted by Gasteiger charge is 2.40. The first kappa shape index (κ1) is 21.8. The first-order valence-electron chi connectivity index (χ1n) is 9.37. The third-order valence-corrected chi connectivity index (χ3v) is 5.70. The van der Waals surface area contributed by atoms with Crippen molar-refractivity contribution in [1.82, 2.24) is 9.97 Å². The summed E-state index contributed by atoms with van der Waals surface area (Å²) in [6.45, 7) is 6.05. The first-order chi connectivity index (χ1) is 14.1. The number of nitrogens with zero attached hydrogens (tertiary/aromatic N) is 3. The fraction of sp³-hybridized carbons (Fsp3) is 0.364. The van der Waals surface area contributed by atoms with Crippen LogP contribution in [0.1, 0.15) is 48.8 Å². The number of ketones is 1. The monoisotopic (exact) mass is 426 g/mol. The molecule has 1 aliphatic rings. The Labute approximate surface area is 179 Å². The molecule has 30 heavy (non-hydrogen) atoms. The highest BCUT2D eigenvalue weighted by Crippen LogP contribution is 2.45. The highest BCUT2D eigenvalue weighted by molar-refractivity contribution is 8.15. The molecule has 0 aliphatic carbocycles. The molecule has 0 saturated carbocycles. The summed E-state index contributed by atoms with van der Waals surface area (Å²) < 4.78 is 19.7. The number of carbonyl (C=O) groups is 1. The average Bonchev–Trinajstić information content (AvgIpc) is 2.66. The summed E-state index contributed by atoms with van der Waals surface area (Å²) in [4.78, 5) is 25.3. The number of thioether (sulfide) groups is 1. The molecule has 6 nitrogen and oxygen atoms in total. The summed E-state index contributed by atoms with van der Waals surface area (Å²) in [6, 6.07) is 4.65. The van der Waals surface area contributed by atoms with Gasteiger partial charge in [0, 0.05) is 16.7 Å². The largest absolute Gasteiger partial charge is 0.463 e. The molecule has 1 atom stereocenters. The molecule has 2 N–H and O–H groups in total. The number of aliphatic imine (C=N–C) groups is 1. The second-order valence-corrected chi connectivity index (χ2v) is 9.64. The first-order valence-corrected chi connectivity index (χ1v) is 10.2. The van der Waals surface area contributed by atoms with Gasteiger partial charge in [-0.05, 0) is 31.0 Å². The fourth-order valence-corrected chi connectivity index (χ4v) is 4.80. The van der Waals surface area contributed by atoms with Gasteiger partial charge < -0.3 is 10.5 Å². The predicted molar refractivity (Wildman–Crippen MR) is 116 cm³/mol. The van der Waals surface area contributed by atoms with Crippen LogP contribution in [0.3, 0.4) is 0 Å². The van der Waals surface area contributed by atoms with Crippen molar-refractivity contribution in [2.45, 2.75) is 43.9 Å². The summed E-state index contributed by atoms with van der Waals surface area (Å²) in [6.07, 6.45) is 8.49. The minimum absolute atomic E-state index is 0.0555. The lowest BCUT2D eigenvalue weighted by Gasteiger charge is -2.39. The van der Waals surface area contributed by atoms with E-state index in [0.29, 0.717) is 22.7 Å². The van der Waals surface area contributed by atoms with Gasteiger partial charge in [-0.2, -0.15) is 0 Å². The molecule has 156 valence electrons. The molecule has 0 amide bonds. The van der Waals surface area contributed by atoms with Crippen molar-refractivity contribution in [2.24, 2.45) is 10.7 Å². The smallest absolute Gasteiger partial charge is 0.233 e. The molecule has 1 aliphatic heterocycles. The van der Waals surface area contributed by atoms with Crippen molar-refractivity contribution in [3.8, 4) is 18.2 Å². The molecule has 0 saturated heterocycles. The number of aromatic nitrogens is 2. The van der Waals surface area contributed by atoms with Gasteiger partial charge in [-0.3, -0.25) is 9.79 Å². The zero-order valence-electron chi connectivity index (χ0n) is 17.1. The maximum Gasteiger partial charge on any atom is 0.233 e. The Bertz CT molecular complexity index is 1030. The number of hydrogen-bond acceptors (Lipinski definition) is 7. The van der Waals surface area contributed by atoms with Crippen LogP contribution in [0.5, 0.6) is 5.88 Å². The number of nitrogens with two attached hydrogens (primary N) is 1. The molecule has 2 heterocycles. The number of amidine groups is 1. The van der Waals surface area contributed by atoms with Gasteiger partial charge in [0.1, 0.15) is 11.5 Å². The van der Waals surface area contributed by atoms with Crippen molar-refractivity contribution in [2.75, 3.05) is 6.61 Å². The molecule has 0 radical (unpaired) electrons. The number of terminal acetylenes is 1. The average molecular weight is 427 g/mol. The Balaban J connectivity index is 1.83. The SMILES string of the molecule is C#CCOc1cnc(C(=O)Cc2ccc(F)c([C@]3(C)CC(C)(C)SC(N)=N3)c2)cn1. The standard InChI is InChI=1S/C22H23FN4O2S/c1-5-8-29-19-12-25-17(11-26-19)18(28)10-14-6-7-16(23)15(9-14)22(4)13-21(2,3)30-20(24)27-22/h1,6-7,9,11-12H,8,10,13H2,2-4H3,(H2,24,27)/t22-/m0/s1. The van der Waals surface area contributed by atoms with Gasteiger partial charge in [0.05, 0.1) is 17.9 Å². The molecule has 1 aromatic heterocycles. The normalized spacial score (nSPS) is 20.2. The Morgan fingerprint density at radius 2 is 2.10 bits per heavy atom. The molecular formula is C22H23FN4O2S. The van der Waals surface area contributed by atoms with Crippen molar-refractivity contribution in [1.29, 1.82) is 0 Å². The van der Waals surface area contributed by atoms with Gasteiger partial charge in [-0.1, -0.05) is 37.6 Å². The molecule has 3 rings (SSSR count). The predicted octanol–water partition coefficient (Wildman–Crippen LogP) is 3.50. The molecule has 0 unspecified atom stereocenters. The number of rotatable bonds is 6. The third kappa shape index (κ3) is 4.97. The Morgan fingerprint density at radius 3 is 2.73 bits per heavy atom. The Morgan fingerprint density at radius 1 is 1.33 bits per heavy atom. The molecular weight excluding hydrogens is 403 g/mol. The van der Waals surface area contributed by atoms with E-state index in [-0.39, 0.29) is 40.9 Å². The van der Waals surface area contributed by atoms with Crippen LogP contribution in [0.15, 0.2) is 35.6 Å². The van der Waals surface area contributed by atoms with E-state index < -0.39 is 5.54 Å². The summed E-state index contributed by atoms with van der Waals surface area (Å²) >= 11 is 1.48. The van der Waals surface area contributed by atoms with Gasteiger partial charge in [0.15, 0.2) is 17.6 Å². The lowest BCUT2D eigenvalue weighted by Crippen LogP contribution is -2.38. The number of ether oxygens (including phenoxy) is 1. The van der Waals surface area contributed by atoms with Crippen LogP contribution in [-0.4, -0.2) is 32.3 Å². The summed E-state index contributed by atoms with van der Waals surface area (Å²) in [5.74, 6) is 1.96. The van der Waals surface area contributed by atoms with E-state index in [1.54, 1.807) is 12.1 Å². The van der Waals surface area contributed by atoms with Crippen LogP contribution in [0.4, 0.5) is 4.39 Å². The number of carbonyl (C=O) groups excluding carboxylic acids is 1. The second kappa shape index (κ2) is 8.44. The Kier molecular flexibility index (Phi) is 6.13. The number of halogens is 1. The van der Waals surface area contributed by atoms with E-state index in [1.807, 2.05) is 6.92 Å². The van der Waals surface area contributed by atoms with E-state index in [2.05, 4.69) is 34.7 Å². The van der Waals surface area contributed by atoms with Crippen molar-refractivity contribution >= 4 is 22.7 Å². The second-order valence-electron chi connectivity index (χ2n) is 7.91. The van der Waals surface area contributed by atoms with Crippen LogP contribution < -0.4 is 10.5 Å². The van der Waals surface area contributed by atoms with Crippen LogP contribution in [0.25, 0.3) is 0 Å². The van der Waals surface area contributed by atoms with Gasteiger partial charge in [0.25, 0.3) is 0 Å². The fourth-order valence-electron chi connectivity index (χ4n) is 3.63. The maximum absolute atomic E-state index is 14.7. The molecule has 2 aromatic rings. The minimum Gasteiger partial charge on any atom is -0.463 e. The van der Waals surface area contributed by atoms with Gasteiger partial charge >= 0.3 is 0 Å². The van der Waals surface area contributed by atoms with Crippen LogP contribution in [-0.2, 0) is 12.0 Å². The Hall–Kier alpha value is -2.92. The molecule has 0 bridgehead atoms. The molecule has 0 fully saturated rings. The summed E-state index contributed by atoms with van der Waals surface area (Å²) in [5.41, 5.74) is 6.48. The maximum atomic E-state index is 14.7. The zero-order chi connectivity index (χ0) is 21.9. The minimum atomic E-state index is -0.808. The quantitative estimate of drug-likeness (QED) is 0.562. The van der Waals surface area contributed by atoms with E-state index in [1.165, 1.54) is 30.2 Å². The summed E-state index contributed by atoms with van der Waals surface area (Å²) in [5, 5.41) is 0.428. The number of hydrogen-bond donors (Lipinski definition) is 1. The third-order valence-electron chi connectivity index (χ3n) is 4.70.